The summed E-state index contributed by atoms with van der Waals surface area (Å²) in [6.07, 6.45) is 0. The normalized spacial score (nSPS) is 11.7. The molecule has 1 atom stereocenters. The lowest BCUT2D eigenvalue weighted by Crippen LogP contribution is -2.00. The van der Waals surface area contributed by atoms with Gasteiger partial charge < -0.3 is 4.74 Å². The van der Waals surface area contributed by atoms with Crippen molar-refractivity contribution in [3.05, 3.63) is 65.0 Å². The van der Waals surface area contributed by atoms with Gasteiger partial charge in [0.15, 0.2) is 0 Å². The van der Waals surface area contributed by atoms with Gasteiger partial charge in [-0.15, -0.1) is 0 Å². The SMILES string of the molecule is COc1cc(F)ccc1C(C)c1ccc(C#N)cc1. The Bertz CT molecular complexity index is 614. The van der Waals surface area contributed by atoms with Crippen LogP contribution in [0.1, 0.15) is 29.5 Å². The van der Waals surface area contributed by atoms with Gasteiger partial charge in [0.1, 0.15) is 11.6 Å². The summed E-state index contributed by atoms with van der Waals surface area (Å²) in [5, 5.41) is 8.79. The van der Waals surface area contributed by atoms with E-state index in [1.807, 2.05) is 19.1 Å². The first-order valence-electron chi connectivity index (χ1n) is 5.99. The molecule has 2 aromatic rings. The van der Waals surface area contributed by atoms with Crippen LogP contribution in [-0.2, 0) is 0 Å². The summed E-state index contributed by atoms with van der Waals surface area (Å²) in [6, 6.07) is 14.0. The van der Waals surface area contributed by atoms with E-state index in [0.29, 0.717) is 11.3 Å². The van der Waals surface area contributed by atoms with E-state index in [-0.39, 0.29) is 11.7 Å². The van der Waals surface area contributed by atoms with Crippen LogP contribution in [0, 0.1) is 17.1 Å². The van der Waals surface area contributed by atoms with Gasteiger partial charge in [0.2, 0.25) is 0 Å². The Morgan fingerprint density at radius 2 is 1.84 bits per heavy atom. The van der Waals surface area contributed by atoms with Crippen LogP contribution in [0.15, 0.2) is 42.5 Å². The zero-order chi connectivity index (χ0) is 13.8. The topological polar surface area (TPSA) is 33.0 Å². The molecule has 0 radical (unpaired) electrons. The van der Waals surface area contributed by atoms with Crippen molar-refractivity contribution >= 4 is 0 Å². The van der Waals surface area contributed by atoms with E-state index in [1.54, 1.807) is 18.2 Å². The monoisotopic (exact) mass is 255 g/mol. The van der Waals surface area contributed by atoms with E-state index in [2.05, 4.69) is 6.07 Å². The predicted octanol–water partition coefficient (Wildman–Crippen LogP) is 3.86. The smallest absolute Gasteiger partial charge is 0.126 e. The molecular formula is C16H14FNO. The zero-order valence-electron chi connectivity index (χ0n) is 10.9. The Kier molecular flexibility index (Phi) is 3.82. The van der Waals surface area contributed by atoms with Crippen LogP contribution in [0.4, 0.5) is 4.39 Å². The fraction of sp³-hybridized carbons (Fsp3) is 0.188. The van der Waals surface area contributed by atoms with Gasteiger partial charge in [-0.1, -0.05) is 25.1 Å². The van der Waals surface area contributed by atoms with E-state index in [4.69, 9.17) is 10.00 Å². The lowest BCUT2D eigenvalue weighted by Gasteiger charge is -2.16. The van der Waals surface area contributed by atoms with Gasteiger partial charge in [-0.2, -0.15) is 5.26 Å². The lowest BCUT2D eigenvalue weighted by atomic mass is 9.92. The largest absolute Gasteiger partial charge is 0.496 e. The molecule has 1 unspecified atom stereocenters. The number of methoxy groups -OCH3 is 1. The van der Waals surface area contributed by atoms with E-state index < -0.39 is 0 Å². The molecule has 0 saturated heterocycles. The first kappa shape index (κ1) is 13.1. The maximum absolute atomic E-state index is 13.2. The minimum Gasteiger partial charge on any atom is -0.496 e. The molecule has 2 rings (SSSR count). The van der Waals surface area contributed by atoms with Crippen molar-refractivity contribution in [3.8, 4) is 11.8 Å². The van der Waals surface area contributed by atoms with Crippen LogP contribution in [0.2, 0.25) is 0 Å². The van der Waals surface area contributed by atoms with Gasteiger partial charge in [-0.05, 0) is 23.8 Å². The number of nitrogens with zero attached hydrogens (tertiary/aromatic N) is 1. The second-order valence-corrected chi connectivity index (χ2v) is 4.34. The highest BCUT2D eigenvalue weighted by atomic mass is 19.1. The molecule has 0 aliphatic rings. The van der Waals surface area contributed by atoms with Crippen molar-refractivity contribution in [2.75, 3.05) is 7.11 Å². The number of halogens is 1. The highest BCUT2D eigenvalue weighted by Gasteiger charge is 2.14. The fourth-order valence-corrected chi connectivity index (χ4v) is 2.07. The number of hydrogen-bond donors (Lipinski definition) is 0. The van der Waals surface area contributed by atoms with Crippen LogP contribution in [0.25, 0.3) is 0 Å². The van der Waals surface area contributed by atoms with Crippen molar-refractivity contribution in [2.45, 2.75) is 12.8 Å². The Morgan fingerprint density at radius 3 is 2.42 bits per heavy atom. The molecule has 0 heterocycles. The first-order chi connectivity index (χ1) is 9.15. The average Bonchev–Trinajstić information content (AvgIpc) is 2.46. The molecule has 2 nitrogen and oxygen atoms in total. The summed E-state index contributed by atoms with van der Waals surface area (Å²) in [5.41, 5.74) is 2.61. The fourth-order valence-electron chi connectivity index (χ4n) is 2.07. The van der Waals surface area contributed by atoms with E-state index in [0.717, 1.165) is 11.1 Å². The molecule has 0 spiro atoms. The zero-order valence-corrected chi connectivity index (χ0v) is 10.9. The number of rotatable bonds is 3. The molecule has 0 aliphatic carbocycles. The minimum absolute atomic E-state index is 0.0725. The second kappa shape index (κ2) is 5.53. The van der Waals surface area contributed by atoms with Gasteiger partial charge in [-0.25, -0.2) is 4.39 Å². The summed E-state index contributed by atoms with van der Waals surface area (Å²) in [5.74, 6) is 0.299. The molecular weight excluding hydrogens is 241 g/mol. The third-order valence-corrected chi connectivity index (χ3v) is 3.20. The molecule has 3 heteroatoms. The van der Waals surface area contributed by atoms with Crippen LogP contribution >= 0.6 is 0 Å². The van der Waals surface area contributed by atoms with Crippen molar-refractivity contribution < 1.29 is 9.13 Å². The Hall–Kier alpha value is -2.34. The third-order valence-electron chi connectivity index (χ3n) is 3.20. The Labute approximate surface area is 112 Å². The van der Waals surface area contributed by atoms with Gasteiger partial charge in [0.05, 0.1) is 18.7 Å². The number of benzene rings is 2. The maximum Gasteiger partial charge on any atom is 0.126 e. The van der Waals surface area contributed by atoms with E-state index in [9.17, 15) is 4.39 Å². The van der Waals surface area contributed by atoms with Gasteiger partial charge in [-0.3, -0.25) is 0 Å². The lowest BCUT2D eigenvalue weighted by molar-refractivity contribution is 0.405. The summed E-state index contributed by atoms with van der Waals surface area (Å²) in [7, 11) is 1.53. The maximum atomic E-state index is 13.2. The Morgan fingerprint density at radius 1 is 1.16 bits per heavy atom. The molecule has 96 valence electrons. The van der Waals surface area contributed by atoms with Crippen LogP contribution < -0.4 is 4.74 Å². The molecule has 0 fully saturated rings. The quantitative estimate of drug-likeness (QED) is 0.834. The molecule has 0 bridgehead atoms. The van der Waals surface area contributed by atoms with Crippen molar-refractivity contribution in [2.24, 2.45) is 0 Å². The highest BCUT2D eigenvalue weighted by Crippen LogP contribution is 2.32. The van der Waals surface area contributed by atoms with Crippen molar-refractivity contribution in [3.63, 3.8) is 0 Å². The summed E-state index contributed by atoms with van der Waals surface area (Å²) in [4.78, 5) is 0. The van der Waals surface area contributed by atoms with Gasteiger partial charge in [0.25, 0.3) is 0 Å². The average molecular weight is 255 g/mol. The van der Waals surface area contributed by atoms with Crippen LogP contribution in [0.5, 0.6) is 5.75 Å². The van der Waals surface area contributed by atoms with E-state index >= 15 is 0 Å². The number of hydrogen-bond acceptors (Lipinski definition) is 2. The summed E-state index contributed by atoms with van der Waals surface area (Å²) >= 11 is 0. The number of nitriles is 1. The molecule has 19 heavy (non-hydrogen) atoms. The predicted molar refractivity (Wildman–Crippen MR) is 71.6 cm³/mol. The standard InChI is InChI=1S/C16H14FNO/c1-11(13-5-3-12(10-18)4-6-13)15-8-7-14(17)9-16(15)19-2/h3-9,11H,1-2H3. The molecule has 0 aliphatic heterocycles. The second-order valence-electron chi connectivity index (χ2n) is 4.34. The number of ether oxygens (including phenoxy) is 1. The highest BCUT2D eigenvalue weighted by molar-refractivity contribution is 5.43. The molecule has 0 saturated carbocycles. The molecule has 0 N–H and O–H groups in total. The van der Waals surface area contributed by atoms with E-state index in [1.165, 1.54) is 19.2 Å². The summed E-state index contributed by atoms with van der Waals surface area (Å²) in [6.45, 7) is 2.02. The Balaban J connectivity index is 2.38. The molecule has 2 aromatic carbocycles. The van der Waals surface area contributed by atoms with Gasteiger partial charge >= 0.3 is 0 Å². The summed E-state index contributed by atoms with van der Waals surface area (Å²) < 4.78 is 18.4. The molecule has 0 amide bonds. The first-order valence-corrected chi connectivity index (χ1v) is 5.99. The van der Waals surface area contributed by atoms with Crippen molar-refractivity contribution in [1.29, 1.82) is 5.26 Å². The van der Waals surface area contributed by atoms with Gasteiger partial charge in [0, 0.05) is 17.5 Å². The van der Waals surface area contributed by atoms with Crippen LogP contribution in [0.3, 0.4) is 0 Å². The third kappa shape index (κ3) is 2.74. The van der Waals surface area contributed by atoms with Crippen molar-refractivity contribution in [1.82, 2.24) is 0 Å². The van der Waals surface area contributed by atoms with Crippen LogP contribution in [-0.4, -0.2) is 7.11 Å². The molecule has 0 aromatic heterocycles. The minimum atomic E-state index is -0.312.